The summed E-state index contributed by atoms with van der Waals surface area (Å²) in [5.41, 5.74) is 5.73. The van der Waals surface area contributed by atoms with Crippen LogP contribution in [0.5, 0.6) is 0 Å². The number of halogens is 2. The van der Waals surface area contributed by atoms with Crippen molar-refractivity contribution < 1.29 is 13.6 Å². The Labute approximate surface area is 110 Å². The van der Waals surface area contributed by atoms with Crippen LogP contribution in [0.1, 0.15) is 10.6 Å². The summed E-state index contributed by atoms with van der Waals surface area (Å²) in [6.45, 7) is 0. The Balaban J connectivity index is 2.01. The van der Waals surface area contributed by atoms with Crippen molar-refractivity contribution in [1.82, 2.24) is 15.2 Å². The Morgan fingerprint density at radius 2 is 2.05 bits per heavy atom. The molecule has 0 aliphatic carbocycles. The van der Waals surface area contributed by atoms with Crippen molar-refractivity contribution in [1.29, 1.82) is 0 Å². The van der Waals surface area contributed by atoms with Crippen LogP contribution in [0.25, 0.3) is 0 Å². The molecule has 0 fully saturated rings. The van der Waals surface area contributed by atoms with Crippen molar-refractivity contribution in [3.8, 4) is 0 Å². The highest BCUT2D eigenvalue weighted by Gasteiger charge is 2.11. The summed E-state index contributed by atoms with van der Waals surface area (Å²) in [6, 6.07) is 6.01. The summed E-state index contributed by atoms with van der Waals surface area (Å²) in [5.74, 6) is -3.05. The molecular weight excluding hydrogens is 276 g/mol. The van der Waals surface area contributed by atoms with E-state index in [0.717, 1.165) is 0 Å². The van der Waals surface area contributed by atoms with Gasteiger partial charge in [-0.1, -0.05) is 11.8 Å². The number of carbonyl (C=O) groups is 1. The molecule has 4 N–H and O–H groups in total. The van der Waals surface area contributed by atoms with Gasteiger partial charge in [-0.25, -0.2) is 0 Å². The lowest BCUT2D eigenvalue weighted by atomic mass is 10.3. The van der Waals surface area contributed by atoms with Gasteiger partial charge < -0.3 is 11.1 Å². The Morgan fingerprint density at radius 3 is 2.58 bits per heavy atom. The predicted octanol–water partition coefficient (Wildman–Crippen LogP) is 1.95. The molecule has 0 aliphatic heterocycles. The van der Waals surface area contributed by atoms with Gasteiger partial charge in [0, 0.05) is 10.6 Å². The third kappa shape index (κ3) is 3.65. The van der Waals surface area contributed by atoms with Gasteiger partial charge in [-0.15, -0.1) is 5.10 Å². The zero-order valence-electron chi connectivity index (χ0n) is 9.43. The number of carbonyl (C=O) groups excluding carboxylic acids is 1. The van der Waals surface area contributed by atoms with Crippen LogP contribution in [-0.2, 0) is 0 Å². The van der Waals surface area contributed by atoms with Crippen molar-refractivity contribution in [3.63, 3.8) is 0 Å². The summed E-state index contributed by atoms with van der Waals surface area (Å²) < 4.78 is 24.2. The van der Waals surface area contributed by atoms with Crippen LogP contribution in [0.4, 0.5) is 20.4 Å². The van der Waals surface area contributed by atoms with Crippen LogP contribution in [0, 0.1) is 0 Å². The van der Waals surface area contributed by atoms with E-state index >= 15 is 0 Å². The lowest BCUT2D eigenvalue weighted by Crippen LogP contribution is -2.13. The van der Waals surface area contributed by atoms with Gasteiger partial charge in [0.1, 0.15) is 0 Å². The SMILES string of the molecule is Nc1n[nH]c(C(=O)Nc2ccc(SC(F)F)cc2)n1. The maximum atomic E-state index is 12.1. The maximum absolute atomic E-state index is 12.1. The van der Waals surface area contributed by atoms with E-state index in [9.17, 15) is 13.6 Å². The van der Waals surface area contributed by atoms with Crippen LogP contribution >= 0.6 is 11.8 Å². The van der Waals surface area contributed by atoms with E-state index in [1.807, 2.05) is 0 Å². The topological polar surface area (TPSA) is 96.7 Å². The number of aromatic amines is 1. The number of nitrogens with one attached hydrogen (secondary N) is 2. The molecule has 100 valence electrons. The molecule has 2 rings (SSSR count). The Morgan fingerprint density at radius 1 is 1.37 bits per heavy atom. The van der Waals surface area contributed by atoms with Gasteiger partial charge in [-0.05, 0) is 24.3 Å². The number of rotatable bonds is 4. The highest BCUT2D eigenvalue weighted by atomic mass is 32.2. The van der Waals surface area contributed by atoms with Crippen LogP contribution in [0.3, 0.4) is 0 Å². The number of thioether (sulfide) groups is 1. The third-order valence-electron chi connectivity index (χ3n) is 2.06. The Hall–Kier alpha value is -2.16. The van der Waals surface area contributed by atoms with Crippen LogP contribution in [0.15, 0.2) is 29.2 Å². The molecule has 0 atom stereocenters. The molecule has 1 aromatic heterocycles. The average molecular weight is 285 g/mol. The lowest BCUT2D eigenvalue weighted by Gasteiger charge is -2.04. The van der Waals surface area contributed by atoms with Gasteiger partial charge in [-0.2, -0.15) is 13.8 Å². The second kappa shape index (κ2) is 5.65. The molecule has 0 spiro atoms. The van der Waals surface area contributed by atoms with E-state index in [4.69, 9.17) is 5.73 Å². The van der Waals surface area contributed by atoms with Gasteiger partial charge in [0.25, 0.3) is 11.7 Å². The normalized spacial score (nSPS) is 10.7. The first-order chi connectivity index (χ1) is 9.04. The van der Waals surface area contributed by atoms with Crippen LogP contribution in [0.2, 0.25) is 0 Å². The molecule has 0 bridgehead atoms. The number of nitrogen functional groups attached to an aromatic ring is 1. The van der Waals surface area contributed by atoms with Gasteiger partial charge in [0.2, 0.25) is 11.8 Å². The molecule has 1 amide bonds. The third-order valence-corrected chi connectivity index (χ3v) is 2.78. The number of nitrogens with zero attached hydrogens (tertiary/aromatic N) is 2. The molecule has 0 unspecified atom stereocenters. The van der Waals surface area contributed by atoms with Crippen LogP contribution in [-0.4, -0.2) is 26.8 Å². The zero-order chi connectivity index (χ0) is 13.8. The minimum absolute atomic E-state index is 0.0245. The van der Waals surface area contributed by atoms with Gasteiger partial charge in [-0.3, -0.25) is 9.89 Å². The largest absolute Gasteiger partial charge is 0.366 e. The molecule has 0 saturated carbocycles. The monoisotopic (exact) mass is 285 g/mol. The summed E-state index contributed by atoms with van der Waals surface area (Å²) in [6.07, 6.45) is 0. The number of amides is 1. The number of alkyl halides is 2. The molecule has 9 heteroatoms. The quantitative estimate of drug-likeness (QED) is 0.746. The molecule has 2 aromatic rings. The van der Waals surface area contributed by atoms with E-state index in [1.54, 1.807) is 0 Å². The van der Waals surface area contributed by atoms with Crippen molar-refractivity contribution in [2.45, 2.75) is 10.7 Å². The summed E-state index contributed by atoms with van der Waals surface area (Å²) in [4.78, 5) is 15.7. The fourth-order valence-electron chi connectivity index (χ4n) is 1.29. The number of nitrogens with two attached hydrogens (primary N) is 1. The Bertz CT molecular complexity index is 572. The lowest BCUT2D eigenvalue weighted by molar-refractivity contribution is 0.101. The molecule has 6 nitrogen and oxygen atoms in total. The average Bonchev–Trinajstić information content (AvgIpc) is 2.78. The second-order valence-corrected chi connectivity index (χ2v) is 4.46. The fraction of sp³-hybridized carbons (Fsp3) is 0.100. The summed E-state index contributed by atoms with van der Waals surface area (Å²) in [7, 11) is 0. The first-order valence-corrected chi connectivity index (χ1v) is 5.96. The van der Waals surface area contributed by atoms with E-state index in [2.05, 4.69) is 20.5 Å². The standard InChI is InChI=1S/C10H9F2N5OS/c11-9(12)19-6-3-1-5(2-4-6)14-8(18)7-15-10(13)17-16-7/h1-4,9H,(H,14,18)(H3,13,15,16,17). The first-order valence-electron chi connectivity index (χ1n) is 5.08. The molecular formula is C10H9F2N5OS. The number of aromatic nitrogens is 3. The highest BCUT2D eigenvalue weighted by molar-refractivity contribution is 7.99. The molecule has 19 heavy (non-hydrogen) atoms. The van der Waals surface area contributed by atoms with E-state index in [-0.39, 0.29) is 11.8 Å². The number of hydrogen-bond acceptors (Lipinski definition) is 5. The van der Waals surface area contributed by atoms with Gasteiger partial charge in [0.15, 0.2) is 0 Å². The number of benzene rings is 1. The van der Waals surface area contributed by atoms with E-state index in [1.165, 1.54) is 24.3 Å². The van der Waals surface area contributed by atoms with E-state index < -0.39 is 11.7 Å². The minimum atomic E-state index is -2.47. The summed E-state index contributed by atoms with van der Waals surface area (Å²) in [5, 5.41) is 8.41. The molecule has 1 aromatic carbocycles. The van der Waals surface area contributed by atoms with Crippen LogP contribution < -0.4 is 11.1 Å². The van der Waals surface area contributed by atoms with Crippen molar-refractivity contribution in [3.05, 3.63) is 30.1 Å². The Kier molecular flexibility index (Phi) is 3.95. The first kappa shape index (κ1) is 13.3. The molecule has 1 heterocycles. The van der Waals surface area contributed by atoms with E-state index in [0.29, 0.717) is 22.3 Å². The highest BCUT2D eigenvalue weighted by Crippen LogP contribution is 2.26. The number of anilines is 2. The fourth-order valence-corrected chi connectivity index (χ4v) is 1.79. The van der Waals surface area contributed by atoms with Gasteiger partial charge in [0.05, 0.1) is 0 Å². The smallest absolute Gasteiger partial charge is 0.293 e. The minimum Gasteiger partial charge on any atom is -0.366 e. The number of H-pyrrole nitrogens is 1. The van der Waals surface area contributed by atoms with Gasteiger partial charge >= 0.3 is 0 Å². The zero-order valence-corrected chi connectivity index (χ0v) is 10.2. The molecule has 0 saturated heterocycles. The summed E-state index contributed by atoms with van der Waals surface area (Å²) >= 11 is 0.435. The second-order valence-electron chi connectivity index (χ2n) is 3.40. The number of hydrogen-bond donors (Lipinski definition) is 3. The van der Waals surface area contributed by atoms with Crippen molar-refractivity contribution in [2.75, 3.05) is 11.1 Å². The van der Waals surface area contributed by atoms with Crippen molar-refractivity contribution in [2.24, 2.45) is 0 Å². The molecule has 0 aliphatic rings. The molecule has 0 radical (unpaired) electrons. The van der Waals surface area contributed by atoms with Crippen molar-refractivity contribution >= 4 is 29.3 Å². The predicted molar refractivity (Wildman–Crippen MR) is 67.1 cm³/mol. The maximum Gasteiger partial charge on any atom is 0.293 e.